The molecule has 0 atom stereocenters. The van der Waals surface area contributed by atoms with Crippen molar-refractivity contribution in [2.75, 3.05) is 26.7 Å². The molecule has 0 radical (unpaired) electrons. The van der Waals surface area contributed by atoms with Crippen molar-refractivity contribution in [2.24, 2.45) is 5.92 Å². The maximum absolute atomic E-state index is 12.7. The molecule has 2 aromatic carbocycles. The standard InChI is InChI=1S/C22H28N2OS.ClH/c1-23-14-11-18-12-15-24(16-13-18)22(25)20-9-7-19(8-10-20)17-26-21-5-3-2-4-6-21;/h2-10,18,23H,11-17H2,1H3;1H. The molecule has 5 heteroatoms. The molecule has 3 rings (SSSR count). The van der Waals surface area contributed by atoms with Crippen molar-refractivity contribution in [3.8, 4) is 0 Å². The number of carbonyl (C=O) groups excluding carboxylic acids is 1. The van der Waals surface area contributed by atoms with Crippen LogP contribution in [-0.4, -0.2) is 37.5 Å². The van der Waals surface area contributed by atoms with Gasteiger partial charge >= 0.3 is 0 Å². The summed E-state index contributed by atoms with van der Waals surface area (Å²) in [6, 6.07) is 18.6. The summed E-state index contributed by atoms with van der Waals surface area (Å²) < 4.78 is 0. The Morgan fingerprint density at radius 1 is 1.07 bits per heavy atom. The summed E-state index contributed by atoms with van der Waals surface area (Å²) in [7, 11) is 2.00. The Morgan fingerprint density at radius 2 is 1.74 bits per heavy atom. The summed E-state index contributed by atoms with van der Waals surface area (Å²) in [5.41, 5.74) is 2.06. The van der Waals surface area contributed by atoms with Crippen molar-refractivity contribution < 1.29 is 4.79 Å². The van der Waals surface area contributed by atoms with Crippen LogP contribution in [0.4, 0.5) is 0 Å². The van der Waals surface area contributed by atoms with Crippen LogP contribution in [0, 0.1) is 5.92 Å². The topological polar surface area (TPSA) is 32.3 Å². The van der Waals surface area contributed by atoms with Gasteiger partial charge in [-0.2, -0.15) is 0 Å². The SMILES string of the molecule is CNCCC1CCN(C(=O)c2ccc(CSc3ccccc3)cc2)CC1.Cl. The maximum Gasteiger partial charge on any atom is 0.253 e. The van der Waals surface area contributed by atoms with E-state index in [1.807, 2.05) is 41.9 Å². The van der Waals surface area contributed by atoms with Crippen LogP contribution in [0.15, 0.2) is 59.5 Å². The largest absolute Gasteiger partial charge is 0.339 e. The van der Waals surface area contributed by atoms with Gasteiger partial charge in [-0.25, -0.2) is 0 Å². The van der Waals surface area contributed by atoms with Gasteiger partial charge in [0.25, 0.3) is 5.91 Å². The Kier molecular flexibility index (Phi) is 9.19. The molecular weight excluding hydrogens is 376 g/mol. The van der Waals surface area contributed by atoms with Gasteiger partial charge in [0.2, 0.25) is 0 Å². The Morgan fingerprint density at radius 3 is 2.37 bits per heavy atom. The number of hydrogen-bond donors (Lipinski definition) is 1. The van der Waals surface area contributed by atoms with Crippen molar-refractivity contribution in [1.82, 2.24) is 10.2 Å². The fourth-order valence-electron chi connectivity index (χ4n) is 3.38. The van der Waals surface area contributed by atoms with Crippen LogP contribution < -0.4 is 5.32 Å². The van der Waals surface area contributed by atoms with E-state index in [1.54, 1.807) is 0 Å². The first-order chi connectivity index (χ1) is 12.8. The second-order valence-electron chi connectivity index (χ2n) is 6.93. The smallest absolute Gasteiger partial charge is 0.253 e. The molecule has 2 aromatic rings. The number of piperidine rings is 1. The molecule has 1 aliphatic rings. The van der Waals surface area contributed by atoms with Crippen molar-refractivity contribution >= 4 is 30.1 Å². The minimum absolute atomic E-state index is 0. The fraction of sp³-hybridized carbons (Fsp3) is 0.409. The van der Waals surface area contributed by atoms with E-state index in [9.17, 15) is 4.79 Å². The summed E-state index contributed by atoms with van der Waals surface area (Å²) in [5, 5.41) is 3.22. The van der Waals surface area contributed by atoms with Crippen molar-refractivity contribution in [3.63, 3.8) is 0 Å². The Hall–Kier alpha value is -1.49. The third-order valence-corrected chi connectivity index (χ3v) is 6.14. The van der Waals surface area contributed by atoms with Crippen LogP contribution in [0.2, 0.25) is 0 Å². The first-order valence-corrected chi connectivity index (χ1v) is 10.5. The van der Waals surface area contributed by atoms with Gasteiger partial charge in [-0.15, -0.1) is 24.2 Å². The number of thioether (sulfide) groups is 1. The molecule has 1 heterocycles. The lowest BCUT2D eigenvalue weighted by atomic mass is 9.93. The highest BCUT2D eigenvalue weighted by Gasteiger charge is 2.23. The summed E-state index contributed by atoms with van der Waals surface area (Å²) in [4.78, 5) is 16.0. The lowest BCUT2D eigenvalue weighted by Crippen LogP contribution is -2.38. The molecule has 1 aliphatic heterocycles. The molecule has 1 fully saturated rings. The van der Waals surface area contributed by atoms with Crippen LogP contribution in [0.25, 0.3) is 0 Å². The van der Waals surface area contributed by atoms with E-state index in [4.69, 9.17) is 0 Å². The number of likely N-dealkylation sites (tertiary alicyclic amines) is 1. The molecule has 0 spiro atoms. The lowest BCUT2D eigenvalue weighted by molar-refractivity contribution is 0.0687. The molecule has 0 unspecified atom stereocenters. The predicted octanol–water partition coefficient (Wildman–Crippen LogP) is 4.86. The molecule has 0 aromatic heterocycles. The lowest BCUT2D eigenvalue weighted by Gasteiger charge is -2.32. The Bertz CT molecular complexity index is 685. The maximum atomic E-state index is 12.7. The minimum Gasteiger partial charge on any atom is -0.339 e. The van der Waals surface area contributed by atoms with E-state index in [-0.39, 0.29) is 18.3 Å². The van der Waals surface area contributed by atoms with Gasteiger partial charge in [0, 0.05) is 29.3 Å². The molecule has 146 valence electrons. The van der Waals surface area contributed by atoms with Gasteiger partial charge in [-0.3, -0.25) is 4.79 Å². The van der Waals surface area contributed by atoms with Gasteiger partial charge < -0.3 is 10.2 Å². The van der Waals surface area contributed by atoms with Crippen LogP contribution in [0.5, 0.6) is 0 Å². The highest BCUT2D eigenvalue weighted by molar-refractivity contribution is 7.98. The third kappa shape index (κ3) is 6.56. The summed E-state index contributed by atoms with van der Waals surface area (Å²) in [6.45, 7) is 2.85. The first-order valence-electron chi connectivity index (χ1n) is 9.47. The number of nitrogens with zero attached hydrogens (tertiary/aromatic N) is 1. The molecule has 1 amide bonds. The van der Waals surface area contributed by atoms with Gasteiger partial charge in [0.1, 0.15) is 0 Å². The van der Waals surface area contributed by atoms with E-state index < -0.39 is 0 Å². The monoisotopic (exact) mass is 404 g/mol. The summed E-state index contributed by atoms with van der Waals surface area (Å²) >= 11 is 1.82. The van der Waals surface area contributed by atoms with Gasteiger partial charge in [-0.1, -0.05) is 30.3 Å². The number of amides is 1. The normalized spacial score (nSPS) is 14.6. The quantitative estimate of drug-likeness (QED) is 0.668. The Labute approximate surface area is 173 Å². The van der Waals surface area contributed by atoms with Crippen LogP contribution in [0.3, 0.4) is 0 Å². The zero-order valence-electron chi connectivity index (χ0n) is 15.9. The zero-order chi connectivity index (χ0) is 18.2. The molecular formula is C22H29ClN2OS. The number of benzene rings is 2. The predicted molar refractivity (Wildman–Crippen MR) is 117 cm³/mol. The molecule has 1 N–H and O–H groups in total. The fourth-order valence-corrected chi connectivity index (χ4v) is 4.26. The van der Waals surface area contributed by atoms with Gasteiger partial charge in [0.15, 0.2) is 0 Å². The second-order valence-corrected chi connectivity index (χ2v) is 7.98. The van der Waals surface area contributed by atoms with Crippen molar-refractivity contribution in [1.29, 1.82) is 0 Å². The number of halogens is 1. The van der Waals surface area contributed by atoms with E-state index in [0.717, 1.165) is 49.7 Å². The average molecular weight is 405 g/mol. The Balaban J connectivity index is 0.00000261. The zero-order valence-corrected chi connectivity index (χ0v) is 17.5. The van der Waals surface area contributed by atoms with Crippen molar-refractivity contribution in [2.45, 2.75) is 29.9 Å². The van der Waals surface area contributed by atoms with E-state index in [2.05, 4.69) is 41.7 Å². The molecule has 0 bridgehead atoms. The summed E-state index contributed by atoms with van der Waals surface area (Å²) in [5.74, 6) is 1.86. The highest BCUT2D eigenvalue weighted by Crippen LogP contribution is 2.24. The molecule has 27 heavy (non-hydrogen) atoms. The number of carbonyl (C=O) groups is 1. The van der Waals surface area contributed by atoms with Gasteiger partial charge in [0.05, 0.1) is 0 Å². The van der Waals surface area contributed by atoms with Crippen molar-refractivity contribution in [3.05, 3.63) is 65.7 Å². The first kappa shape index (κ1) is 21.8. The van der Waals surface area contributed by atoms with Crippen LogP contribution in [0.1, 0.15) is 35.2 Å². The van der Waals surface area contributed by atoms with Crippen LogP contribution >= 0.6 is 24.2 Å². The molecule has 0 saturated carbocycles. The van der Waals surface area contributed by atoms with Gasteiger partial charge in [-0.05, 0) is 68.6 Å². The van der Waals surface area contributed by atoms with E-state index in [1.165, 1.54) is 16.9 Å². The van der Waals surface area contributed by atoms with E-state index >= 15 is 0 Å². The number of nitrogens with one attached hydrogen (secondary N) is 1. The van der Waals surface area contributed by atoms with E-state index in [0.29, 0.717) is 0 Å². The third-order valence-electron chi connectivity index (χ3n) is 5.05. The average Bonchev–Trinajstić information content (AvgIpc) is 2.72. The number of rotatable bonds is 7. The molecule has 0 aliphatic carbocycles. The summed E-state index contributed by atoms with van der Waals surface area (Å²) in [6.07, 6.45) is 3.46. The molecule has 3 nitrogen and oxygen atoms in total. The molecule has 1 saturated heterocycles. The highest BCUT2D eigenvalue weighted by atomic mass is 35.5. The second kappa shape index (κ2) is 11.4. The number of hydrogen-bond acceptors (Lipinski definition) is 3. The minimum atomic E-state index is 0. The van der Waals surface area contributed by atoms with Crippen LogP contribution in [-0.2, 0) is 5.75 Å².